The van der Waals surface area contributed by atoms with Crippen LogP contribution in [-0.4, -0.2) is 52.7 Å². The Morgan fingerprint density at radius 3 is 2.31 bits per heavy atom. The molecule has 0 atom stereocenters. The SMILES string of the molecule is COC(=O)c1ccc2cc(C(=O)N3CCC(n4cc(NC(=O)c5ccc(C)c(F)c5F)cn4)CC3)ccc2c1. The molecule has 0 spiro atoms. The first-order valence-corrected chi connectivity index (χ1v) is 12.5. The molecule has 0 bridgehead atoms. The number of hydrogen-bond acceptors (Lipinski definition) is 5. The van der Waals surface area contributed by atoms with Gasteiger partial charge in [0.2, 0.25) is 0 Å². The van der Waals surface area contributed by atoms with E-state index in [0.29, 0.717) is 42.7 Å². The number of anilines is 1. The molecule has 1 N–H and O–H groups in total. The number of carbonyl (C=O) groups is 3. The summed E-state index contributed by atoms with van der Waals surface area (Å²) in [4.78, 5) is 39.2. The van der Waals surface area contributed by atoms with Crippen molar-refractivity contribution in [2.24, 2.45) is 0 Å². The Labute approximate surface area is 223 Å². The number of aromatic nitrogens is 2. The lowest BCUT2D eigenvalue weighted by molar-refractivity contribution is 0.0600. The number of hydrogen-bond donors (Lipinski definition) is 1. The molecule has 0 radical (unpaired) electrons. The summed E-state index contributed by atoms with van der Waals surface area (Å²) in [6.07, 6.45) is 4.43. The van der Waals surface area contributed by atoms with Gasteiger partial charge in [-0.2, -0.15) is 5.10 Å². The molecule has 2 amide bonds. The number of fused-ring (bicyclic) bond motifs is 1. The Morgan fingerprint density at radius 2 is 1.62 bits per heavy atom. The van der Waals surface area contributed by atoms with Crippen LogP contribution in [0.2, 0.25) is 0 Å². The normalized spacial score (nSPS) is 13.9. The van der Waals surface area contributed by atoms with Crippen LogP contribution in [0, 0.1) is 18.6 Å². The highest BCUT2D eigenvalue weighted by Gasteiger charge is 2.26. The number of likely N-dealkylation sites (tertiary alicyclic amines) is 1. The summed E-state index contributed by atoms with van der Waals surface area (Å²) in [5, 5.41) is 8.58. The number of nitrogens with zero attached hydrogens (tertiary/aromatic N) is 3. The van der Waals surface area contributed by atoms with Gasteiger partial charge < -0.3 is 15.0 Å². The van der Waals surface area contributed by atoms with E-state index in [4.69, 9.17) is 4.74 Å². The van der Waals surface area contributed by atoms with E-state index in [0.717, 1.165) is 10.8 Å². The predicted octanol–water partition coefficient (Wildman–Crippen LogP) is 5.14. The summed E-state index contributed by atoms with van der Waals surface area (Å²) >= 11 is 0. The minimum atomic E-state index is -1.19. The number of carbonyl (C=O) groups excluding carboxylic acids is 3. The van der Waals surface area contributed by atoms with Gasteiger partial charge in [0.25, 0.3) is 11.8 Å². The van der Waals surface area contributed by atoms with E-state index < -0.39 is 23.5 Å². The van der Waals surface area contributed by atoms with Crippen molar-refractivity contribution in [2.75, 3.05) is 25.5 Å². The highest BCUT2D eigenvalue weighted by atomic mass is 19.2. The molecule has 3 aromatic carbocycles. The molecule has 1 saturated heterocycles. The number of benzene rings is 3. The smallest absolute Gasteiger partial charge is 0.337 e. The zero-order valence-electron chi connectivity index (χ0n) is 21.4. The van der Waals surface area contributed by atoms with Gasteiger partial charge in [-0.25, -0.2) is 13.6 Å². The first kappa shape index (κ1) is 26.0. The van der Waals surface area contributed by atoms with Gasteiger partial charge in [-0.05, 0) is 66.4 Å². The van der Waals surface area contributed by atoms with Crippen LogP contribution in [0.3, 0.4) is 0 Å². The van der Waals surface area contributed by atoms with E-state index >= 15 is 0 Å². The zero-order valence-corrected chi connectivity index (χ0v) is 21.4. The summed E-state index contributed by atoms with van der Waals surface area (Å²) in [6.45, 7) is 2.48. The number of ether oxygens (including phenoxy) is 1. The van der Waals surface area contributed by atoms with Crippen LogP contribution in [0.5, 0.6) is 0 Å². The fraction of sp³-hybridized carbons (Fsp3) is 0.241. The summed E-state index contributed by atoms with van der Waals surface area (Å²) in [7, 11) is 1.33. The molecule has 0 unspecified atom stereocenters. The maximum atomic E-state index is 14.2. The molecule has 8 nitrogen and oxygen atoms in total. The molecule has 1 fully saturated rings. The zero-order chi connectivity index (χ0) is 27.7. The second-order valence-electron chi connectivity index (χ2n) is 9.51. The summed E-state index contributed by atoms with van der Waals surface area (Å²) in [5.74, 6) is -3.48. The fourth-order valence-electron chi connectivity index (χ4n) is 4.76. The van der Waals surface area contributed by atoms with Crippen molar-refractivity contribution >= 4 is 34.2 Å². The molecule has 0 saturated carbocycles. The predicted molar refractivity (Wildman–Crippen MR) is 141 cm³/mol. The lowest BCUT2D eigenvalue weighted by atomic mass is 10.0. The van der Waals surface area contributed by atoms with Crippen molar-refractivity contribution in [3.63, 3.8) is 0 Å². The van der Waals surface area contributed by atoms with Gasteiger partial charge in [0.1, 0.15) is 0 Å². The van der Waals surface area contributed by atoms with Crippen LogP contribution in [0.4, 0.5) is 14.5 Å². The number of methoxy groups -OCH3 is 1. The third-order valence-corrected chi connectivity index (χ3v) is 7.01. The van der Waals surface area contributed by atoms with Gasteiger partial charge in [0.05, 0.1) is 36.2 Å². The van der Waals surface area contributed by atoms with Crippen LogP contribution in [0.15, 0.2) is 60.9 Å². The lowest BCUT2D eigenvalue weighted by Crippen LogP contribution is -2.39. The number of amides is 2. The minimum absolute atomic E-state index is 0.0154. The van der Waals surface area contributed by atoms with Crippen molar-refractivity contribution in [3.8, 4) is 0 Å². The van der Waals surface area contributed by atoms with E-state index in [1.165, 1.54) is 32.4 Å². The Kier molecular flexibility index (Phi) is 7.10. The Morgan fingerprint density at radius 1 is 0.949 bits per heavy atom. The largest absolute Gasteiger partial charge is 0.465 e. The molecular weight excluding hydrogens is 506 g/mol. The van der Waals surface area contributed by atoms with Crippen molar-refractivity contribution in [2.45, 2.75) is 25.8 Å². The Bertz CT molecular complexity index is 1590. The third kappa shape index (κ3) is 5.22. The molecule has 5 rings (SSSR count). The number of nitrogens with one attached hydrogen (secondary N) is 1. The first-order valence-electron chi connectivity index (χ1n) is 12.5. The summed E-state index contributed by atoms with van der Waals surface area (Å²) < 4.78 is 34.5. The molecule has 0 aliphatic carbocycles. The Hall–Kier alpha value is -4.60. The summed E-state index contributed by atoms with van der Waals surface area (Å²) in [5.41, 5.74) is 1.12. The van der Waals surface area contributed by atoms with Crippen molar-refractivity contribution in [1.29, 1.82) is 0 Å². The molecular formula is C29H26F2N4O4. The van der Waals surface area contributed by atoms with Gasteiger partial charge in [0.15, 0.2) is 11.6 Å². The molecule has 10 heteroatoms. The molecule has 1 aliphatic heterocycles. The van der Waals surface area contributed by atoms with Crippen molar-refractivity contribution in [1.82, 2.24) is 14.7 Å². The van der Waals surface area contributed by atoms with Gasteiger partial charge in [-0.15, -0.1) is 0 Å². The van der Waals surface area contributed by atoms with Gasteiger partial charge in [-0.3, -0.25) is 14.3 Å². The van der Waals surface area contributed by atoms with E-state index in [9.17, 15) is 23.2 Å². The third-order valence-electron chi connectivity index (χ3n) is 7.01. The average Bonchev–Trinajstić information content (AvgIpc) is 3.43. The van der Waals surface area contributed by atoms with Crippen LogP contribution >= 0.6 is 0 Å². The molecule has 39 heavy (non-hydrogen) atoms. The topological polar surface area (TPSA) is 93.5 Å². The molecule has 4 aromatic rings. The van der Waals surface area contributed by atoms with Gasteiger partial charge in [-0.1, -0.05) is 18.2 Å². The molecule has 1 aromatic heterocycles. The number of rotatable bonds is 5. The maximum Gasteiger partial charge on any atom is 0.337 e. The highest BCUT2D eigenvalue weighted by Crippen LogP contribution is 2.26. The van der Waals surface area contributed by atoms with E-state index in [1.807, 2.05) is 12.1 Å². The van der Waals surface area contributed by atoms with Crippen molar-refractivity contribution < 1.29 is 27.9 Å². The van der Waals surface area contributed by atoms with Crippen LogP contribution in [0.1, 0.15) is 55.5 Å². The summed E-state index contributed by atoms with van der Waals surface area (Å²) in [6, 6.07) is 13.2. The second kappa shape index (κ2) is 10.6. The number of halogens is 2. The quantitative estimate of drug-likeness (QED) is 0.360. The average molecular weight is 533 g/mol. The lowest BCUT2D eigenvalue weighted by Gasteiger charge is -2.32. The van der Waals surface area contributed by atoms with Gasteiger partial charge in [0, 0.05) is 24.8 Å². The number of esters is 1. The highest BCUT2D eigenvalue weighted by molar-refractivity contribution is 6.04. The maximum absolute atomic E-state index is 14.2. The van der Waals surface area contributed by atoms with Crippen LogP contribution < -0.4 is 5.32 Å². The van der Waals surface area contributed by atoms with E-state index in [1.54, 1.807) is 40.0 Å². The van der Waals surface area contributed by atoms with E-state index in [-0.39, 0.29) is 23.1 Å². The van der Waals surface area contributed by atoms with Gasteiger partial charge >= 0.3 is 5.97 Å². The fourth-order valence-corrected chi connectivity index (χ4v) is 4.76. The van der Waals surface area contributed by atoms with Crippen molar-refractivity contribution in [3.05, 3.63) is 94.8 Å². The monoisotopic (exact) mass is 532 g/mol. The minimum Gasteiger partial charge on any atom is -0.465 e. The first-order chi connectivity index (χ1) is 18.7. The molecule has 200 valence electrons. The van der Waals surface area contributed by atoms with Crippen LogP contribution in [-0.2, 0) is 4.74 Å². The van der Waals surface area contributed by atoms with Crippen LogP contribution in [0.25, 0.3) is 10.8 Å². The number of piperidine rings is 1. The second-order valence-corrected chi connectivity index (χ2v) is 9.51. The Balaban J connectivity index is 1.20. The number of aryl methyl sites for hydroxylation is 1. The molecule has 1 aliphatic rings. The standard InChI is InChI=1S/C29H26F2N4O4/c1-17-3-8-24(26(31)25(17)30)27(36)33-22-15-32-35(16-22)23-9-11-34(12-10-23)28(37)20-6-4-19-14-21(29(38)39-2)7-5-18(19)13-20/h3-8,13-16,23H,9-12H2,1-2H3,(H,33,36). The molecule has 2 heterocycles. The van der Waals surface area contributed by atoms with E-state index in [2.05, 4.69) is 10.4 Å².